The topological polar surface area (TPSA) is 117 Å². The number of fused-ring (bicyclic) bond motifs is 2. The molecule has 2 aliphatic heterocycles. The summed E-state index contributed by atoms with van der Waals surface area (Å²) in [5, 5.41) is 12.0. The first-order valence-corrected chi connectivity index (χ1v) is 16.0. The second-order valence-electron chi connectivity index (χ2n) is 12.0. The van der Waals surface area contributed by atoms with Crippen molar-refractivity contribution in [2.45, 2.75) is 31.8 Å². The summed E-state index contributed by atoms with van der Waals surface area (Å²) >= 11 is 0. The number of aromatic nitrogens is 6. The molecule has 2 aliphatic rings. The van der Waals surface area contributed by atoms with Crippen LogP contribution in [0, 0.1) is 5.82 Å². The third kappa shape index (κ3) is 5.91. The third-order valence-corrected chi connectivity index (χ3v) is 8.87. The van der Waals surface area contributed by atoms with Crippen molar-refractivity contribution in [1.82, 2.24) is 40.3 Å². The van der Waals surface area contributed by atoms with Crippen LogP contribution in [0.4, 0.5) is 4.39 Å². The van der Waals surface area contributed by atoms with Crippen LogP contribution >= 0.6 is 0 Å². The van der Waals surface area contributed by atoms with Crippen molar-refractivity contribution in [1.29, 1.82) is 0 Å². The quantitative estimate of drug-likeness (QED) is 0.181. The fourth-order valence-corrected chi connectivity index (χ4v) is 6.49. The van der Waals surface area contributed by atoms with E-state index in [1.807, 2.05) is 36.5 Å². The second-order valence-corrected chi connectivity index (χ2v) is 12.0. The Bertz CT molecular complexity index is 1990. The van der Waals surface area contributed by atoms with E-state index in [-0.39, 0.29) is 11.9 Å². The van der Waals surface area contributed by atoms with Gasteiger partial charge in [-0.3, -0.25) is 15.0 Å². The standard InChI is InChI=1S/C35H35FN8O2/c36-25-15-23(16-27(19-25)45-14-13-44-11-1-2-12-44)29-7-10-39-34-32(29)40-35(41-34)33-30-18-22(3-4-31(30)42-43-33)24-17-28(21-38-20-24)46-26-5-8-37-9-6-26/h3-4,7,10,15-21,26,37H,1-2,5-6,8-9,11-14H2,(H,42,43)(H,39,40,41). The molecule has 2 fully saturated rings. The summed E-state index contributed by atoms with van der Waals surface area (Å²) < 4.78 is 27.0. The van der Waals surface area contributed by atoms with Gasteiger partial charge in [0.1, 0.15) is 35.7 Å². The molecule has 234 valence electrons. The first-order valence-electron chi connectivity index (χ1n) is 16.0. The number of ether oxygens (including phenoxy) is 2. The highest BCUT2D eigenvalue weighted by molar-refractivity contribution is 5.97. The van der Waals surface area contributed by atoms with Crippen LogP contribution in [0.15, 0.2) is 67.1 Å². The van der Waals surface area contributed by atoms with E-state index in [4.69, 9.17) is 14.5 Å². The molecule has 0 spiro atoms. The van der Waals surface area contributed by atoms with Crippen LogP contribution in [-0.4, -0.2) is 80.5 Å². The largest absolute Gasteiger partial charge is 0.492 e. The number of hydrogen-bond acceptors (Lipinski definition) is 8. The Labute approximate surface area is 265 Å². The number of piperidine rings is 1. The molecule has 2 aromatic carbocycles. The zero-order valence-corrected chi connectivity index (χ0v) is 25.4. The maximum absolute atomic E-state index is 14.8. The van der Waals surface area contributed by atoms with E-state index < -0.39 is 0 Å². The Morgan fingerprint density at radius 1 is 0.913 bits per heavy atom. The lowest BCUT2D eigenvalue weighted by atomic mass is 10.0. The Kier molecular flexibility index (Phi) is 7.77. The fraction of sp³-hybridized carbons (Fsp3) is 0.314. The van der Waals surface area contributed by atoms with E-state index in [9.17, 15) is 4.39 Å². The number of H-pyrrole nitrogens is 2. The number of likely N-dealkylation sites (tertiary alicyclic amines) is 1. The van der Waals surface area contributed by atoms with Gasteiger partial charge in [-0.25, -0.2) is 14.4 Å². The van der Waals surface area contributed by atoms with E-state index in [1.165, 1.54) is 25.0 Å². The van der Waals surface area contributed by atoms with E-state index in [1.54, 1.807) is 12.4 Å². The Morgan fingerprint density at radius 2 is 1.78 bits per heavy atom. The van der Waals surface area contributed by atoms with Crippen LogP contribution in [0.3, 0.4) is 0 Å². The van der Waals surface area contributed by atoms with Crippen molar-refractivity contribution in [2.24, 2.45) is 0 Å². The van der Waals surface area contributed by atoms with Crippen LogP contribution in [-0.2, 0) is 0 Å². The number of pyridine rings is 2. The number of hydrogen-bond donors (Lipinski definition) is 3. The van der Waals surface area contributed by atoms with Gasteiger partial charge in [-0.15, -0.1) is 0 Å². The van der Waals surface area contributed by atoms with Crippen LogP contribution < -0.4 is 14.8 Å². The van der Waals surface area contributed by atoms with Gasteiger partial charge in [0.2, 0.25) is 0 Å². The smallest absolute Gasteiger partial charge is 0.178 e. The number of nitrogens with one attached hydrogen (secondary N) is 3. The van der Waals surface area contributed by atoms with Gasteiger partial charge < -0.3 is 19.8 Å². The van der Waals surface area contributed by atoms with Crippen LogP contribution in [0.1, 0.15) is 25.7 Å². The average molecular weight is 619 g/mol. The molecule has 8 rings (SSSR count). The molecule has 0 atom stereocenters. The molecule has 6 heterocycles. The Morgan fingerprint density at radius 3 is 2.67 bits per heavy atom. The molecule has 0 unspecified atom stereocenters. The number of imidazole rings is 1. The summed E-state index contributed by atoms with van der Waals surface area (Å²) in [5.41, 5.74) is 6.18. The SMILES string of the molecule is Fc1cc(OCCN2CCCC2)cc(-c2ccnc3nc(-c4n[nH]c5ccc(-c6cncc(OC7CCNCC7)c6)cc45)[nH]c23)c1. The van der Waals surface area contributed by atoms with Crippen molar-refractivity contribution in [3.63, 3.8) is 0 Å². The van der Waals surface area contributed by atoms with Gasteiger partial charge in [0.15, 0.2) is 11.5 Å². The van der Waals surface area contributed by atoms with Gasteiger partial charge in [0.25, 0.3) is 0 Å². The van der Waals surface area contributed by atoms with E-state index >= 15 is 0 Å². The molecular weight excluding hydrogens is 583 g/mol. The Hall–Kier alpha value is -4.87. The summed E-state index contributed by atoms with van der Waals surface area (Å²) in [4.78, 5) is 19.6. The zero-order chi connectivity index (χ0) is 30.9. The highest BCUT2D eigenvalue weighted by atomic mass is 19.1. The molecule has 0 saturated carbocycles. The second kappa shape index (κ2) is 12.5. The molecule has 6 aromatic rings. The van der Waals surface area contributed by atoms with E-state index in [2.05, 4.69) is 41.4 Å². The number of nitrogens with zero attached hydrogens (tertiary/aromatic N) is 5. The lowest BCUT2D eigenvalue weighted by Gasteiger charge is -2.23. The highest BCUT2D eigenvalue weighted by Crippen LogP contribution is 2.34. The Balaban J connectivity index is 1.08. The molecule has 0 bridgehead atoms. The molecule has 3 N–H and O–H groups in total. The van der Waals surface area contributed by atoms with Crippen LogP contribution in [0.25, 0.3) is 55.8 Å². The van der Waals surface area contributed by atoms with E-state index in [0.29, 0.717) is 40.6 Å². The van der Waals surface area contributed by atoms with Gasteiger partial charge in [-0.1, -0.05) is 6.07 Å². The number of halogens is 1. The van der Waals surface area contributed by atoms with Crippen molar-refractivity contribution < 1.29 is 13.9 Å². The van der Waals surface area contributed by atoms with Gasteiger partial charge in [-0.05, 0) is 99.4 Å². The third-order valence-electron chi connectivity index (χ3n) is 8.87. The number of benzene rings is 2. The van der Waals surface area contributed by atoms with Gasteiger partial charge in [0.05, 0.1) is 17.2 Å². The maximum Gasteiger partial charge on any atom is 0.178 e. The molecule has 11 heteroatoms. The minimum Gasteiger partial charge on any atom is -0.492 e. The summed E-state index contributed by atoms with van der Waals surface area (Å²) in [7, 11) is 0. The zero-order valence-electron chi connectivity index (χ0n) is 25.4. The van der Waals surface area contributed by atoms with Gasteiger partial charge >= 0.3 is 0 Å². The molecular formula is C35H35FN8O2. The predicted molar refractivity (Wildman–Crippen MR) is 175 cm³/mol. The fourth-order valence-electron chi connectivity index (χ4n) is 6.49. The summed E-state index contributed by atoms with van der Waals surface area (Å²) in [6.07, 6.45) is 9.91. The number of rotatable bonds is 9. The minimum absolute atomic E-state index is 0.194. The lowest BCUT2D eigenvalue weighted by molar-refractivity contribution is 0.162. The van der Waals surface area contributed by atoms with Crippen LogP contribution in [0.5, 0.6) is 11.5 Å². The van der Waals surface area contributed by atoms with Crippen molar-refractivity contribution in [3.8, 4) is 45.3 Å². The molecule has 0 aliphatic carbocycles. The molecule has 46 heavy (non-hydrogen) atoms. The highest BCUT2D eigenvalue weighted by Gasteiger charge is 2.19. The predicted octanol–water partition coefficient (Wildman–Crippen LogP) is 5.97. The minimum atomic E-state index is -0.357. The maximum atomic E-state index is 14.8. The lowest BCUT2D eigenvalue weighted by Crippen LogP contribution is -2.34. The van der Waals surface area contributed by atoms with Gasteiger partial charge in [-0.2, -0.15) is 5.10 Å². The monoisotopic (exact) mass is 618 g/mol. The molecule has 10 nitrogen and oxygen atoms in total. The first-order chi connectivity index (χ1) is 22.7. The van der Waals surface area contributed by atoms with Crippen molar-refractivity contribution >= 4 is 22.1 Å². The normalized spacial score (nSPS) is 16.0. The molecule has 4 aromatic heterocycles. The van der Waals surface area contributed by atoms with E-state index in [0.717, 1.165) is 78.9 Å². The molecule has 0 amide bonds. The summed E-state index contributed by atoms with van der Waals surface area (Å²) in [5.74, 6) is 1.48. The summed E-state index contributed by atoms with van der Waals surface area (Å²) in [6, 6.07) is 14.8. The van der Waals surface area contributed by atoms with Crippen molar-refractivity contribution in [3.05, 3.63) is 72.9 Å². The average Bonchev–Trinajstić information content (AvgIpc) is 3.85. The molecule has 0 radical (unpaired) electrons. The van der Waals surface area contributed by atoms with Crippen LogP contribution in [0.2, 0.25) is 0 Å². The summed E-state index contributed by atoms with van der Waals surface area (Å²) in [6.45, 7) is 5.48. The first kappa shape index (κ1) is 28.6. The van der Waals surface area contributed by atoms with Gasteiger partial charge in [0, 0.05) is 41.5 Å². The molecule has 2 saturated heterocycles. The number of aromatic amines is 2. The van der Waals surface area contributed by atoms with Crippen molar-refractivity contribution in [2.75, 3.05) is 39.3 Å².